The standard InChI is InChI=1S/C14H23N3S/c1-3-15-11-7-4-8-12-13(11)18-14(16-12)17-9-5-6-10(17)2/h10-11,15H,3-9H2,1-2H3. The molecule has 1 aromatic rings. The zero-order valence-corrected chi connectivity index (χ0v) is 12.2. The van der Waals surface area contributed by atoms with Crippen molar-refractivity contribution < 1.29 is 0 Å². The van der Waals surface area contributed by atoms with Crippen molar-refractivity contribution in [2.75, 3.05) is 18.0 Å². The van der Waals surface area contributed by atoms with E-state index in [1.165, 1.54) is 54.4 Å². The summed E-state index contributed by atoms with van der Waals surface area (Å²) in [7, 11) is 0. The minimum Gasteiger partial charge on any atom is -0.345 e. The molecule has 3 nitrogen and oxygen atoms in total. The van der Waals surface area contributed by atoms with E-state index in [0.717, 1.165) is 6.54 Å². The molecule has 1 aliphatic carbocycles. The van der Waals surface area contributed by atoms with Gasteiger partial charge in [-0.1, -0.05) is 18.3 Å². The largest absolute Gasteiger partial charge is 0.345 e. The third kappa shape index (κ3) is 2.16. The van der Waals surface area contributed by atoms with Crippen molar-refractivity contribution >= 4 is 16.5 Å². The van der Waals surface area contributed by atoms with Crippen LogP contribution in [0.3, 0.4) is 0 Å². The number of hydrogen-bond acceptors (Lipinski definition) is 4. The highest BCUT2D eigenvalue weighted by Crippen LogP contribution is 2.39. The van der Waals surface area contributed by atoms with Crippen LogP contribution in [0.4, 0.5) is 5.13 Å². The molecule has 3 rings (SSSR count). The van der Waals surface area contributed by atoms with Crippen LogP contribution in [0.15, 0.2) is 0 Å². The summed E-state index contributed by atoms with van der Waals surface area (Å²) in [5, 5.41) is 4.88. The van der Waals surface area contributed by atoms with Crippen LogP contribution in [-0.4, -0.2) is 24.1 Å². The van der Waals surface area contributed by atoms with Crippen LogP contribution in [0.5, 0.6) is 0 Å². The molecule has 18 heavy (non-hydrogen) atoms. The molecule has 2 atom stereocenters. The van der Waals surface area contributed by atoms with Crippen LogP contribution in [-0.2, 0) is 6.42 Å². The SMILES string of the molecule is CCNC1CCCc2nc(N3CCCC3C)sc21. The molecule has 0 amide bonds. The third-order valence-electron chi connectivity index (χ3n) is 4.19. The summed E-state index contributed by atoms with van der Waals surface area (Å²) in [6.07, 6.45) is 6.38. The summed E-state index contributed by atoms with van der Waals surface area (Å²) in [5.41, 5.74) is 1.37. The number of fused-ring (bicyclic) bond motifs is 1. The second-order valence-electron chi connectivity index (χ2n) is 5.49. The van der Waals surface area contributed by atoms with Crippen molar-refractivity contribution in [2.45, 2.75) is 58.0 Å². The summed E-state index contributed by atoms with van der Waals surface area (Å²) in [6, 6.07) is 1.23. The first kappa shape index (κ1) is 12.4. The molecule has 100 valence electrons. The lowest BCUT2D eigenvalue weighted by atomic mass is 9.98. The third-order valence-corrected chi connectivity index (χ3v) is 5.44. The Labute approximate surface area is 114 Å². The quantitative estimate of drug-likeness (QED) is 0.910. The lowest BCUT2D eigenvalue weighted by Crippen LogP contribution is -2.25. The van der Waals surface area contributed by atoms with Gasteiger partial charge in [0.1, 0.15) is 0 Å². The predicted octanol–water partition coefficient (Wildman–Crippen LogP) is 3.12. The van der Waals surface area contributed by atoms with Gasteiger partial charge < -0.3 is 10.2 Å². The topological polar surface area (TPSA) is 28.2 Å². The fourth-order valence-electron chi connectivity index (χ4n) is 3.19. The van der Waals surface area contributed by atoms with Crippen molar-refractivity contribution in [3.05, 3.63) is 10.6 Å². The van der Waals surface area contributed by atoms with Crippen molar-refractivity contribution in [1.29, 1.82) is 0 Å². The lowest BCUT2D eigenvalue weighted by Gasteiger charge is -2.21. The average Bonchev–Trinajstić information content (AvgIpc) is 2.95. The minimum absolute atomic E-state index is 0.558. The van der Waals surface area contributed by atoms with Gasteiger partial charge in [-0.3, -0.25) is 0 Å². The average molecular weight is 265 g/mol. The van der Waals surface area contributed by atoms with Gasteiger partial charge >= 0.3 is 0 Å². The molecule has 1 saturated heterocycles. The molecule has 0 radical (unpaired) electrons. The van der Waals surface area contributed by atoms with E-state index in [2.05, 4.69) is 24.1 Å². The molecule has 2 heterocycles. The number of rotatable bonds is 3. The number of thiazole rings is 1. The Morgan fingerprint density at radius 3 is 3.00 bits per heavy atom. The van der Waals surface area contributed by atoms with E-state index in [0.29, 0.717) is 12.1 Å². The molecule has 2 unspecified atom stereocenters. The Balaban J connectivity index is 1.86. The van der Waals surface area contributed by atoms with E-state index in [1.807, 2.05) is 11.3 Å². The van der Waals surface area contributed by atoms with Gasteiger partial charge in [0, 0.05) is 23.5 Å². The van der Waals surface area contributed by atoms with Crippen LogP contribution in [0, 0.1) is 0 Å². The second-order valence-corrected chi connectivity index (χ2v) is 6.50. The monoisotopic (exact) mass is 265 g/mol. The van der Waals surface area contributed by atoms with Crippen LogP contribution in [0.2, 0.25) is 0 Å². The van der Waals surface area contributed by atoms with E-state index >= 15 is 0 Å². The van der Waals surface area contributed by atoms with Gasteiger partial charge in [-0.2, -0.15) is 0 Å². The van der Waals surface area contributed by atoms with Crippen LogP contribution in [0.1, 0.15) is 56.1 Å². The summed E-state index contributed by atoms with van der Waals surface area (Å²) in [6.45, 7) is 6.77. The van der Waals surface area contributed by atoms with Crippen molar-refractivity contribution in [2.24, 2.45) is 0 Å². The molecule has 0 aromatic carbocycles. The predicted molar refractivity (Wildman–Crippen MR) is 77.5 cm³/mol. The highest BCUT2D eigenvalue weighted by atomic mass is 32.1. The maximum Gasteiger partial charge on any atom is 0.186 e. The summed E-state index contributed by atoms with van der Waals surface area (Å²) >= 11 is 1.94. The lowest BCUT2D eigenvalue weighted by molar-refractivity contribution is 0.476. The Morgan fingerprint density at radius 1 is 1.39 bits per heavy atom. The van der Waals surface area contributed by atoms with Gasteiger partial charge in [0.2, 0.25) is 0 Å². The van der Waals surface area contributed by atoms with Gasteiger partial charge in [-0.15, -0.1) is 0 Å². The molecule has 1 fully saturated rings. The highest BCUT2D eigenvalue weighted by molar-refractivity contribution is 7.15. The van der Waals surface area contributed by atoms with Crippen molar-refractivity contribution in [3.63, 3.8) is 0 Å². The zero-order chi connectivity index (χ0) is 12.5. The maximum atomic E-state index is 4.92. The van der Waals surface area contributed by atoms with Crippen LogP contribution >= 0.6 is 11.3 Å². The zero-order valence-electron chi connectivity index (χ0n) is 11.4. The molecule has 1 aromatic heterocycles. The van der Waals surface area contributed by atoms with Gasteiger partial charge in [-0.25, -0.2) is 4.98 Å². The molecule has 0 saturated carbocycles. The molecule has 1 aliphatic heterocycles. The Bertz CT molecular complexity index is 415. The highest BCUT2D eigenvalue weighted by Gasteiger charge is 2.28. The first-order valence-electron chi connectivity index (χ1n) is 7.29. The van der Waals surface area contributed by atoms with Gasteiger partial charge in [0.05, 0.1) is 5.69 Å². The summed E-state index contributed by atoms with van der Waals surface area (Å²) < 4.78 is 0. The molecular weight excluding hydrogens is 242 g/mol. The van der Waals surface area contributed by atoms with Gasteiger partial charge in [0.15, 0.2) is 5.13 Å². The number of aromatic nitrogens is 1. The first-order chi connectivity index (χ1) is 8.79. The Kier molecular flexibility index (Phi) is 3.57. The maximum absolute atomic E-state index is 4.92. The van der Waals surface area contributed by atoms with E-state index in [1.54, 1.807) is 0 Å². The Morgan fingerprint density at radius 2 is 2.28 bits per heavy atom. The molecular formula is C14H23N3S. The van der Waals surface area contributed by atoms with Crippen LogP contribution in [0.25, 0.3) is 0 Å². The fraction of sp³-hybridized carbons (Fsp3) is 0.786. The van der Waals surface area contributed by atoms with E-state index in [9.17, 15) is 0 Å². The number of hydrogen-bond donors (Lipinski definition) is 1. The summed E-state index contributed by atoms with van der Waals surface area (Å²) in [5.74, 6) is 0. The molecule has 2 aliphatic rings. The number of nitrogens with zero attached hydrogens (tertiary/aromatic N) is 2. The smallest absolute Gasteiger partial charge is 0.186 e. The first-order valence-corrected chi connectivity index (χ1v) is 8.11. The molecule has 4 heteroatoms. The second kappa shape index (κ2) is 5.17. The number of nitrogens with one attached hydrogen (secondary N) is 1. The van der Waals surface area contributed by atoms with Gasteiger partial charge in [-0.05, 0) is 45.6 Å². The number of aryl methyl sites for hydroxylation is 1. The van der Waals surface area contributed by atoms with E-state index < -0.39 is 0 Å². The Hall–Kier alpha value is -0.610. The molecule has 0 spiro atoms. The molecule has 1 N–H and O–H groups in total. The van der Waals surface area contributed by atoms with Crippen molar-refractivity contribution in [1.82, 2.24) is 10.3 Å². The fourth-order valence-corrected chi connectivity index (χ4v) is 4.54. The molecule has 0 bridgehead atoms. The van der Waals surface area contributed by atoms with Crippen molar-refractivity contribution in [3.8, 4) is 0 Å². The van der Waals surface area contributed by atoms with E-state index in [-0.39, 0.29) is 0 Å². The summed E-state index contributed by atoms with van der Waals surface area (Å²) in [4.78, 5) is 8.94. The number of anilines is 1. The normalized spacial score (nSPS) is 27.6. The van der Waals surface area contributed by atoms with Crippen LogP contribution < -0.4 is 10.2 Å². The minimum atomic E-state index is 0.558. The van der Waals surface area contributed by atoms with E-state index in [4.69, 9.17) is 4.98 Å². The van der Waals surface area contributed by atoms with Gasteiger partial charge in [0.25, 0.3) is 0 Å².